The zero-order valence-corrected chi connectivity index (χ0v) is 15.9. The molecule has 0 saturated heterocycles. The summed E-state index contributed by atoms with van der Waals surface area (Å²) in [7, 11) is 0. The monoisotopic (exact) mass is 368 g/mol. The Labute approximate surface area is 164 Å². The fourth-order valence-corrected chi connectivity index (χ4v) is 4.18. The first-order valence-electron chi connectivity index (χ1n) is 10.1. The standard InChI is InChI=1S/C24H24N4/c25-14-5-1-2-6-15-26-19-13-12-18-22-16(19)8-7-9-17(22)23-24(18)28-21-11-4-3-10-20(21)27-23/h3-4,7-13,26H,1-2,5-6,14-15,25H2. The molecule has 1 heterocycles. The van der Waals surface area contributed by atoms with E-state index in [9.17, 15) is 0 Å². The molecular formula is C24H24N4. The van der Waals surface area contributed by atoms with E-state index in [0.29, 0.717) is 0 Å². The van der Waals surface area contributed by atoms with E-state index in [2.05, 4.69) is 35.6 Å². The first-order valence-corrected chi connectivity index (χ1v) is 10.1. The van der Waals surface area contributed by atoms with Crippen LogP contribution in [0.25, 0.3) is 44.3 Å². The Hall–Kier alpha value is -2.98. The van der Waals surface area contributed by atoms with Crippen LogP contribution in [-0.2, 0) is 0 Å². The summed E-state index contributed by atoms with van der Waals surface area (Å²) < 4.78 is 0. The zero-order valence-electron chi connectivity index (χ0n) is 15.9. The van der Waals surface area contributed by atoms with Crippen LogP contribution in [0, 0.1) is 0 Å². The first-order chi connectivity index (χ1) is 13.9. The van der Waals surface area contributed by atoms with Gasteiger partial charge in [0.25, 0.3) is 0 Å². The molecule has 0 unspecified atom stereocenters. The van der Waals surface area contributed by atoms with Crippen molar-refractivity contribution in [2.24, 2.45) is 5.73 Å². The van der Waals surface area contributed by atoms with E-state index in [0.717, 1.165) is 48.4 Å². The summed E-state index contributed by atoms with van der Waals surface area (Å²) in [6.45, 7) is 1.77. The number of fused-ring (bicyclic) bond motifs is 4. The fraction of sp³-hybridized carbons (Fsp3) is 0.250. The van der Waals surface area contributed by atoms with E-state index < -0.39 is 0 Å². The van der Waals surface area contributed by atoms with E-state index in [1.54, 1.807) is 0 Å². The lowest BCUT2D eigenvalue weighted by Gasteiger charge is -2.11. The number of nitrogens with two attached hydrogens (primary N) is 1. The number of nitrogens with zero attached hydrogens (tertiary/aromatic N) is 2. The van der Waals surface area contributed by atoms with Crippen molar-refractivity contribution in [1.82, 2.24) is 9.97 Å². The molecular weight excluding hydrogens is 344 g/mol. The van der Waals surface area contributed by atoms with Crippen molar-refractivity contribution in [3.05, 3.63) is 54.6 Å². The van der Waals surface area contributed by atoms with Crippen molar-refractivity contribution in [2.45, 2.75) is 25.7 Å². The van der Waals surface area contributed by atoms with E-state index in [4.69, 9.17) is 15.7 Å². The lowest BCUT2D eigenvalue weighted by atomic mass is 10.0. The van der Waals surface area contributed by atoms with Gasteiger partial charge in [-0.1, -0.05) is 49.2 Å². The number of para-hydroxylation sites is 2. The van der Waals surface area contributed by atoms with Crippen molar-refractivity contribution < 1.29 is 0 Å². The van der Waals surface area contributed by atoms with Crippen LogP contribution >= 0.6 is 0 Å². The molecule has 4 heteroatoms. The average molecular weight is 368 g/mol. The molecule has 0 atom stereocenters. The summed E-state index contributed by atoms with van der Waals surface area (Å²) in [5.41, 5.74) is 13.0. The largest absolute Gasteiger partial charge is 0.385 e. The molecule has 1 aromatic heterocycles. The normalized spacial score (nSPS) is 11.9. The van der Waals surface area contributed by atoms with Crippen LogP contribution in [0.1, 0.15) is 25.7 Å². The van der Waals surface area contributed by atoms with Gasteiger partial charge in [-0.15, -0.1) is 0 Å². The van der Waals surface area contributed by atoms with Crippen molar-refractivity contribution in [3.63, 3.8) is 0 Å². The Morgan fingerprint density at radius 3 is 2.18 bits per heavy atom. The molecule has 0 fully saturated rings. The third-order valence-electron chi connectivity index (χ3n) is 5.57. The number of hydrogen-bond donors (Lipinski definition) is 2. The van der Waals surface area contributed by atoms with Gasteiger partial charge in [-0.05, 0) is 37.6 Å². The second kappa shape index (κ2) is 7.21. The van der Waals surface area contributed by atoms with Gasteiger partial charge in [0.2, 0.25) is 0 Å². The predicted molar refractivity (Wildman–Crippen MR) is 117 cm³/mol. The molecule has 1 aliphatic carbocycles. The van der Waals surface area contributed by atoms with Crippen LogP contribution in [0.15, 0.2) is 54.6 Å². The number of rotatable bonds is 7. The molecule has 3 aromatic carbocycles. The van der Waals surface area contributed by atoms with Gasteiger partial charge in [-0.25, -0.2) is 9.97 Å². The van der Waals surface area contributed by atoms with E-state index in [1.165, 1.54) is 40.4 Å². The van der Waals surface area contributed by atoms with Crippen molar-refractivity contribution in [3.8, 4) is 22.5 Å². The van der Waals surface area contributed by atoms with Crippen molar-refractivity contribution in [2.75, 3.05) is 18.4 Å². The zero-order chi connectivity index (χ0) is 18.9. The number of benzene rings is 3. The molecule has 3 N–H and O–H groups in total. The molecule has 0 amide bonds. The maximum Gasteiger partial charge on any atom is 0.0979 e. The third-order valence-corrected chi connectivity index (χ3v) is 5.57. The molecule has 1 aliphatic rings. The van der Waals surface area contributed by atoms with Gasteiger partial charge in [0.1, 0.15) is 0 Å². The van der Waals surface area contributed by atoms with Gasteiger partial charge >= 0.3 is 0 Å². The molecule has 0 aliphatic heterocycles. The van der Waals surface area contributed by atoms with Crippen LogP contribution in [0.5, 0.6) is 0 Å². The van der Waals surface area contributed by atoms with Crippen LogP contribution in [0.4, 0.5) is 5.69 Å². The van der Waals surface area contributed by atoms with E-state index in [-0.39, 0.29) is 0 Å². The quantitative estimate of drug-likeness (QED) is 0.380. The summed E-state index contributed by atoms with van der Waals surface area (Å²) in [5, 5.41) is 6.15. The van der Waals surface area contributed by atoms with Crippen LogP contribution in [0.2, 0.25) is 0 Å². The molecule has 0 spiro atoms. The van der Waals surface area contributed by atoms with Gasteiger partial charge in [0.05, 0.1) is 22.4 Å². The minimum absolute atomic E-state index is 0.792. The van der Waals surface area contributed by atoms with E-state index >= 15 is 0 Å². The summed E-state index contributed by atoms with van der Waals surface area (Å²) in [5.74, 6) is 0. The highest BCUT2D eigenvalue weighted by molar-refractivity contribution is 6.17. The smallest absolute Gasteiger partial charge is 0.0979 e. The van der Waals surface area contributed by atoms with Crippen LogP contribution in [-0.4, -0.2) is 23.1 Å². The first kappa shape index (κ1) is 17.1. The maximum absolute atomic E-state index is 5.57. The number of nitrogens with one attached hydrogen (secondary N) is 1. The SMILES string of the molecule is NCCCCCCNc1ccc2c3c(cccc13)-c1nc3ccccc3nc1-2. The predicted octanol–water partition coefficient (Wildman–Crippen LogP) is 5.36. The molecule has 4 nitrogen and oxygen atoms in total. The second-order valence-corrected chi connectivity index (χ2v) is 7.43. The van der Waals surface area contributed by atoms with Gasteiger partial charge in [0, 0.05) is 34.1 Å². The van der Waals surface area contributed by atoms with Crippen LogP contribution < -0.4 is 11.1 Å². The number of aromatic nitrogens is 2. The molecule has 28 heavy (non-hydrogen) atoms. The minimum atomic E-state index is 0.792. The Bertz CT molecular complexity index is 1120. The molecule has 0 radical (unpaired) electrons. The third kappa shape index (κ3) is 2.81. The Morgan fingerprint density at radius 1 is 0.714 bits per heavy atom. The summed E-state index contributed by atoms with van der Waals surface area (Å²) >= 11 is 0. The van der Waals surface area contributed by atoms with Gasteiger partial charge < -0.3 is 11.1 Å². The molecule has 0 bridgehead atoms. The highest BCUT2D eigenvalue weighted by atomic mass is 14.9. The van der Waals surface area contributed by atoms with Crippen molar-refractivity contribution >= 4 is 27.5 Å². The summed E-state index contributed by atoms with van der Waals surface area (Å²) in [4.78, 5) is 9.87. The fourth-order valence-electron chi connectivity index (χ4n) is 4.18. The number of hydrogen-bond acceptors (Lipinski definition) is 4. The van der Waals surface area contributed by atoms with Gasteiger partial charge in [-0.3, -0.25) is 0 Å². The Balaban J connectivity index is 1.51. The minimum Gasteiger partial charge on any atom is -0.385 e. The molecule has 4 aromatic rings. The highest BCUT2D eigenvalue weighted by Crippen LogP contribution is 2.47. The Morgan fingerprint density at radius 2 is 1.43 bits per heavy atom. The van der Waals surface area contributed by atoms with Gasteiger partial charge in [0.15, 0.2) is 0 Å². The van der Waals surface area contributed by atoms with Crippen molar-refractivity contribution in [1.29, 1.82) is 0 Å². The lowest BCUT2D eigenvalue weighted by molar-refractivity contribution is 0.661. The van der Waals surface area contributed by atoms with E-state index in [1.807, 2.05) is 24.3 Å². The summed E-state index contributed by atoms with van der Waals surface area (Å²) in [6.07, 6.45) is 4.71. The number of unbranched alkanes of at least 4 members (excludes halogenated alkanes) is 3. The Kier molecular flexibility index (Phi) is 4.41. The average Bonchev–Trinajstić information content (AvgIpc) is 3.05. The molecule has 5 rings (SSSR count). The molecule has 140 valence electrons. The number of anilines is 1. The maximum atomic E-state index is 5.57. The second-order valence-electron chi connectivity index (χ2n) is 7.43. The summed E-state index contributed by atoms with van der Waals surface area (Å²) in [6, 6.07) is 19.0. The lowest BCUT2D eigenvalue weighted by Crippen LogP contribution is -2.03. The van der Waals surface area contributed by atoms with Crippen LogP contribution in [0.3, 0.4) is 0 Å². The van der Waals surface area contributed by atoms with Gasteiger partial charge in [-0.2, -0.15) is 0 Å². The molecule has 0 saturated carbocycles. The highest BCUT2D eigenvalue weighted by Gasteiger charge is 2.25. The topological polar surface area (TPSA) is 63.8 Å².